The Balaban J connectivity index is 5.07. The fourth-order valence-corrected chi connectivity index (χ4v) is 3.67. The number of hydrogen-bond acceptors (Lipinski definition) is 6. The van der Waals surface area contributed by atoms with E-state index in [1.165, 1.54) is 6.92 Å². The normalized spacial score (nSPS) is 14.3. The first-order valence-corrected chi connectivity index (χ1v) is 12.1. The highest BCUT2D eigenvalue weighted by Crippen LogP contribution is 2.14. The van der Waals surface area contributed by atoms with Gasteiger partial charge in [0, 0.05) is 19.3 Å². The molecule has 0 aromatic rings. The first-order valence-electron chi connectivity index (χ1n) is 9.28. The summed E-state index contributed by atoms with van der Waals surface area (Å²) in [4.78, 5) is 48.0. The van der Waals surface area contributed by atoms with E-state index in [1.807, 2.05) is 26.4 Å². The van der Waals surface area contributed by atoms with Crippen LogP contribution in [-0.4, -0.2) is 60.0 Å². The van der Waals surface area contributed by atoms with Gasteiger partial charge in [0.15, 0.2) is 5.78 Å². The molecule has 0 bridgehead atoms. The van der Waals surface area contributed by atoms with Crippen LogP contribution in [0.5, 0.6) is 0 Å². The number of thioether (sulfide) groups is 2. The number of amides is 2. The van der Waals surface area contributed by atoms with E-state index in [1.54, 1.807) is 23.5 Å². The van der Waals surface area contributed by atoms with E-state index in [0.29, 0.717) is 19.3 Å². The van der Waals surface area contributed by atoms with Gasteiger partial charge in [-0.1, -0.05) is 13.8 Å². The number of Topliss-reactive ketones (excluding diaryl/α,β-unsaturated/α-hetero) is 1. The molecule has 3 atom stereocenters. The molecule has 0 aliphatic rings. The minimum Gasteiger partial charge on any atom is -0.345 e. The standard InChI is InChI=1S/C19H34N2O4S2/c1-13(2)10-17(20-14(3)23)19(25)21-16(7-9-27-5)18(24)11-15(12-22)6-8-26-4/h12-13,15-17H,6-11H2,1-5H3,(H,20,23)(H,21,25)/t15-,16+,17+/m1/s1. The van der Waals surface area contributed by atoms with E-state index in [0.717, 1.165) is 17.8 Å². The molecule has 0 fully saturated rings. The van der Waals surface area contributed by atoms with Crippen LogP contribution >= 0.6 is 23.5 Å². The van der Waals surface area contributed by atoms with Gasteiger partial charge in [-0.05, 0) is 49.2 Å². The molecule has 0 unspecified atom stereocenters. The zero-order valence-electron chi connectivity index (χ0n) is 17.1. The van der Waals surface area contributed by atoms with Crippen molar-refractivity contribution in [1.29, 1.82) is 0 Å². The Morgan fingerprint density at radius 2 is 1.56 bits per heavy atom. The summed E-state index contributed by atoms with van der Waals surface area (Å²) in [5.74, 6) is 0.701. The van der Waals surface area contributed by atoms with Gasteiger partial charge in [-0.3, -0.25) is 14.4 Å². The number of hydrogen-bond donors (Lipinski definition) is 2. The Bertz CT molecular complexity index is 486. The van der Waals surface area contributed by atoms with Crippen molar-refractivity contribution < 1.29 is 19.2 Å². The molecule has 0 radical (unpaired) electrons. The SMILES string of the molecule is CSCC[C@@H](C=O)CC(=O)[C@H](CCSC)NC(=O)[C@H](CC(C)C)NC(C)=O. The van der Waals surface area contributed by atoms with Crippen LogP contribution in [0.4, 0.5) is 0 Å². The largest absolute Gasteiger partial charge is 0.345 e. The molecule has 156 valence electrons. The molecule has 0 aromatic heterocycles. The van der Waals surface area contributed by atoms with Gasteiger partial charge in [0.2, 0.25) is 11.8 Å². The number of rotatable bonds is 15. The van der Waals surface area contributed by atoms with Crippen molar-refractivity contribution in [3.63, 3.8) is 0 Å². The Labute approximate surface area is 171 Å². The maximum absolute atomic E-state index is 12.7. The Hall–Kier alpha value is -1.02. The molecule has 0 saturated heterocycles. The predicted molar refractivity (Wildman–Crippen MR) is 114 cm³/mol. The van der Waals surface area contributed by atoms with Crippen molar-refractivity contribution >= 4 is 47.4 Å². The Morgan fingerprint density at radius 3 is 2.04 bits per heavy atom. The number of carbonyl (C=O) groups is 4. The first-order chi connectivity index (χ1) is 12.7. The maximum Gasteiger partial charge on any atom is 0.243 e. The molecule has 0 aliphatic heterocycles. The van der Waals surface area contributed by atoms with E-state index in [-0.39, 0.29) is 35.9 Å². The van der Waals surface area contributed by atoms with Crippen molar-refractivity contribution in [3.05, 3.63) is 0 Å². The number of carbonyl (C=O) groups excluding carboxylic acids is 4. The van der Waals surface area contributed by atoms with Gasteiger partial charge >= 0.3 is 0 Å². The third-order valence-electron chi connectivity index (χ3n) is 4.07. The zero-order chi connectivity index (χ0) is 20.8. The molecule has 8 heteroatoms. The fourth-order valence-electron chi connectivity index (χ4n) is 2.66. The van der Waals surface area contributed by atoms with Crippen LogP contribution in [0.15, 0.2) is 0 Å². The van der Waals surface area contributed by atoms with E-state index < -0.39 is 12.1 Å². The van der Waals surface area contributed by atoms with Crippen LogP contribution in [0.1, 0.15) is 46.5 Å². The van der Waals surface area contributed by atoms with Gasteiger partial charge in [0.05, 0.1) is 6.04 Å². The Morgan fingerprint density at radius 1 is 0.963 bits per heavy atom. The lowest BCUT2D eigenvalue weighted by Crippen LogP contribution is -2.52. The van der Waals surface area contributed by atoms with Crippen molar-refractivity contribution in [2.24, 2.45) is 11.8 Å². The lowest BCUT2D eigenvalue weighted by molar-refractivity contribution is -0.132. The summed E-state index contributed by atoms with van der Waals surface area (Å²) in [5.41, 5.74) is 0. The summed E-state index contributed by atoms with van der Waals surface area (Å²) in [6, 6.07) is -1.30. The first kappa shape index (κ1) is 26.0. The fraction of sp³-hybridized carbons (Fsp3) is 0.789. The molecular formula is C19H34N2O4S2. The molecule has 0 aliphatic carbocycles. The molecule has 0 rings (SSSR count). The van der Waals surface area contributed by atoms with Crippen molar-refractivity contribution in [3.8, 4) is 0 Å². The van der Waals surface area contributed by atoms with Crippen LogP contribution in [0.3, 0.4) is 0 Å². The highest BCUT2D eigenvalue weighted by atomic mass is 32.2. The van der Waals surface area contributed by atoms with Gasteiger partial charge in [0.25, 0.3) is 0 Å². The topological polar surface area (TPSA) is 92.3 Å². The van der Waals surface area contributed by atoms with Gasteiger partial charge in [-0.15, -0.1) is 0 Å². The van der Waals surface area contributed by atoms with Crippen LogP contribution in [0.2, 0.25) is 0 Å². The second-order valence-electron chi connectivity index (χ2n) is 7.07. The highest BCUT2D eigenvalue weighted by Gasteiger charge is 2.27. The van der Waals surface area contributed by atoms with Crippen LogP contribution in [0.25, 0.3) is 0 Å². The molecule has 6 nitrogen and oxygen atoms in total. The zero-order valence-corrected chi connectivity index (χ0v) is 18.7. The van der Waals surface area contributed by atoms with E-state index in [9.17, 15) is 19.2 Å². The lowest BCUT2D eigenvalue weighted by Gasteiger charge is -2.24. The quantitative estimate of drug-likeness (QED) is 0.397. The van der Waals surface area contributed by atoms with Crippen LogP contribution in [-0.2, 0) is 19.2 Å². The summed E-state index contributed by atoms with van der Waals surface area (Å²) in [5, 5.41) is 5.48. The van der Waals surface area contributed by atoms with Gasteiger partial charge in [-0.25, -0.2) is 0 Å². The molecule has 2 amide bonds. The molecular weight excluding hydrogens is 384 g/mol. The van der Waals surface area contributed by atoms with Gasteiger partial charge < -0.3 is 15.4 Å². The molecule has 27 heavy (non-hydrogen) atoms. The second kappa shape index (κ2) is 15.0. The molecule has 0 spiro atoms. The number of aldehydes is 1. The lowest BCUT2D eigenvalue weighted by atomic mass is 9.95. The van der Waals surface area contributed by atoms with E-state index in [2.05, 4.69) is 10.6 Å². The van der Waals surface area contributed by atoms with Gasteiger partial charge in [-0.2, -0.15) is 23.5 Å². The summed E-state index contributed by atoms with van der Waals surface area (Å²) >= 11 is 3.23. The Kier molecular flexibility index (Phi) is 14.4. The average molecular weight is 419 g/mol. The maximum atomic E-state index is 12.7. The molecule has 0 heterocycles. The summed E-state index contributed by atoms with van der Waals surface area (Å²) in [6.45, 7) is 5.31. The highest BCUT2D eigenvalue weighted by molar-refractivity contribution is 7.98. The summed E-state index contributed by atoms with van der Waals surface area (Å²) in [7, 11) is 0. The van der Waals surface area contributed by atoms with Crippen molar-refractivity contribution in [2.45, 2.75) is 58.5 Å². The third-order valence-corrected chi connectivity index (χ3v) is 5.35. The minimum atomic E-state index is -0.662. The van der Waals surface area contributed by atoms with Crippen molar-refractivity contribution in [2.75, 3.05) is 24.0 Å². The van der Waals surface area contributed by atoms with E-state index in [4.69, 9.17) is 0 Å². The average Bonchev–Trinajstić information content (AvgIpc) is 2.60. The number of nitrogens with one attached hydrogen (secondary N) is 2. The summed E-state index contributed by atoms with van der Waals surface area (Å²) in [6.07, 6.45) is 6.53. The van der Waals surface area contributed by atoms with E-state index >= 15 is 0 Å². The van der Waals surface area contributed by atoms with Crippen LogP contribution < -0.4 is 10.6 Å². The number of ketones is 1. The third kappa shape index (κ3) is 12.1. The summed E-state index contributed by atoms with van der Waals surface area (Å²) < 4.78 is 0. The smallest absolute Gasteiger partial charge is 0.243 e. The second-order valence-corrected chi connectivity index (χ2v) is 9.04. The monoisotopic (exact) mass is 418 g/mol. The molecule has 2 N–H and O–H groups in total. The predicted octanol–water partition coefficient (Wildman–Crippen LogP) is 2.30. The minimum absolute atomic E-state index is 0.123. The van der Waals surface area contributed by atoms with Crippen LogP contribution in [0, 0.1) is 11.8 Å². The molecule has 0 saturated carbocycles. The van der Waals surface area contributed by atoms with Crippen molar-refractivity contribution in [1.82, 2.24) is 10.6 Å². The van der Waals surface area contributed by atoms with Gasteiger partial charge in [0.1, 0.15) is 12.3 Å². The molecule has 0 aromatic carbocycles.